The summed E-state index contributed by atoms with van der Waals surface area (Å²) in [4.78, 5) is 14.6. The van der Waals surface area contributed by atoms with Gasteiger partial charge in [-0.25, -0.2) is 0 Å². The van der Waals surface area contributed by atoms with Crippen LogP contribution in [0.1, 0.15) is 53.8 Å². The number of aliphatic hydroxyl groups is 1. The molecule has 1 amide bonds. The number of H-pyrrole nitrogens is 1. The van der Waals surface area contributed by atoms with Crippen LogP contribution in [0.15, 0.2) is 36.4 Å². The maximum atomic E-state index is 12.9. The molecule has 3 atom stereocenters. The number of fused-ring (bicyclic) bond motifs is 1. The Morgan fingerprint density at radius 2 is 1.93 bits per heavy atom. The highest BCUT2D eigenvalue weighted by molar-refractivity contribution is 5.92. The summed E-state index contributed by atoms with van der Waals surface area (Å²) in [7, 11) is 0. The van der Waals surface area contributed by atoms with Crippen LogP contribution in [0, 0.1) is 5.92 Å². The van der Waals surface area contributed by atoms with E-state index < -0.39 is 23.4 Å². The van der Waals surface area contributed by atoms with Crippen LogP contribution in [-0.4, -0.2) is 38.7 Å². The van der Waals surface area contributed by atoms with Gasteiger partial charge in [0.15, 0.2) is 5.69 Å². The molecule has 0 radical (unpaired) electrons. The van der Waals surface area contributed by atoms with Crippen LogP contribution in [0.3, 0.4) is 0 Å². The van der Waals surface area contributed by atoms with Gasteiger partial charge in [0.05, 0.1) is 5.60 Å². The molecule has 2 N–H and O–H groups in total. The van der Waals surface area contributed by atoms with Crippen LogP contribution < -0.4 is 0 Å². The molecule has 1 saturated carbocycles. The van der Waals surface area contributed by atoms with Gasteiger partial charge in [-0.2, -0.15) is 18.3 Å². The minimum Gasteiger partial charge on any atom is -0.385 e. The molecule has 1 aromatic heterocycles. The van der Waals surface area contributed by atoms with Crippen molar-refractivity contribution < 1.29 is 23.1 Å². The number of piperidine rings is 1. The molecule has 28 heavy (non-hydrogen) atoms. The standard InChI is InChI=1S/C20H22F3N3O2/c21-20(22,23)17-12-15(24-25-17)18(27)26-11-10-19(28,13-6-2-1-3-7-13)14-8-4-5-9-16(14)26/h1-3,6-7,12,14,16,28H,4-5,8-11H2,(H,24,25)/t14-,16?,19-/m1/s1. The van der Waals surface area contributed by atoms with Crippen LogP contribution in [0.25, 0.3) is 0 Å². The number of carbonyl (C=O) groups is 1. The van der Waals surface area contributed by atoms with E-state index in [0.717, 1.165) is 37.3 Å². The van der Waals surface area contributed by atoms with Crippen molar-refractivity contribution in [1.82, 2.24) is 15.1 Å². The number of hydrogen-bond donors (Lipinski definition) is 2. The van der Waals surface area contributed by atoms with Crippen LogP contribution >= 0.6 is 0 Å². The summed E-state index contributed by atoms with van der Waals surface area (Å²) in [5.41, 5.74) is -1.47. The summed E-state index contributed by atoms with van der Waals surface area (Å²) >= 11 is 0. The summed E-state index contributed by atoms with van der Waals surface area (Å²) in [6, 6.07) is 10.00. The van der Waals surface area contributed by atoms with Gasteiger partial charge in [0.1, 0.15) is 5.69 Å². The lowest BCUT2D eigenvalue weighted by molar-refractivity contribution is -0.141. The third-order valence-corrected chi connectivity index (χ3v) is 6.11. The van der Waals surface area contributed by atoms with Gasteiger partial charge < -0.3 is 10.0 Å². The quantitative estimate of drug-likeness (QED) is 0.817. The monoisotopic (exact) mass is 393 g/mol. The van der Waals surface area contributed by atoms with Gasteiger partial charge in [-0.1, -0.05) is 43.2 Å². The number of aromatic nitrogens is 2. The Hall–Kier alpha value is -2.35. The fourth-order valence-electron chi connectivity index (χ4n) is 4.75. The SMILES string of the molecule is O=C(c1cc(C(F)(F)F)n[nH]1)N1CC[C@@](O)(c2ccccc2)[C@@H]2CCCCC21. The van der Waals surface area contributed by atoms with E-state index in [2.05, 4.69) is 10.2 Å². The van der Waals surface area contributed by atoms with Crippen molar-refractivity contribution in [3.63, 3.8) is 0 Å². The van der Waals surface area contributed by atoms with Crippen molar-refractivity contribution in [2.75, 3.05) is 6.54 Å². The average molecular weight is 393 g/mol. The molecule has 2 aromatic rings. The minimum atomic E-state index is -4.60. The molecule has 8 heteroatoms. The minimum absolute atomic E-state index is 0.147. The number of nitrogens with zero attached hydrogens (tertiary/aromatic N) is 2. The highest BCUT2D eigenvalue weighted by Crippen LogP contribution is 2.47. The Morgan fingerprint density at radius 1 is 1.21 bits per heavy atom. The molecule has 2 aliphatic rings. The summed E-state index contributed by atoms with van der Waals surface area (Å²) in [6.07, 6.45) is -0.863. The first-order chi connectivity index (χ1) is 13.3. The normalized spacial score (nSPS) is 28.1. The van der Waals surface area contributed by atoms with E-state index in [4.69, 9.17) is 0 Å². The number of hydrogen-bond acceptors (Lipinski definition) is 3. The van der Waals surface area contributed by atoms with Crippen molar-refractivity contribution in [2.45, 2.75) is 49.9 Å². The molecule has 150 valence electrons. The zero-order valence-electron chi connectivity index (χ0n) is 15.2. The van der Waals surface area contributed by atoms with Crippen molar-refractivity contribution in [3.05, 3.63) is 53.3 Å². The van der Waals surface area contributed by atoms with Crippen LogP contribution in [-0.2, 0) is 11.8 Å². The lowest BCUT2D eigenvalue weighted by Crippen LogP contribution is -2.59. The van der Waals surface area contributed by atoms with E-state index >= 15 is 0 Å². The van der Waals surface area contributed by atoms with Gasteiger partial charge in [-0.15, -0.1) is 0 Å². The molecule has 2 fully saturated rings. The fourth-order valence-corrected chi connectivity index (χ4v) is 4.75. The second-order valence-electron chi connectivity index (χ2n) is 7.66. The molecule has 1 aliphatic heterocycles. The Bertz CT molecular complexity index is 852. The second-order valence-corrected chi connectivity index (χ2v) is 7.66. The molecule has 0 bridgehead atoms. The van der Waals surface area contributed by atoms with E-state index in [0.29, 0.717) is 6.42 Å². The van der Waals surface area contributed by atoms with Gasteiger partial charge in [-0.3, -0.25) is 9.89 Å². The largest absolute Gasteiger partial charge is 0.435 e. The molecule has 1 saturated heterocycles. The number of rotatable bonds is 2. The number of halogens is 3. The molecule has 4 rings (SSSR count). The maximum absolute atomic E-state index is 12.9. The number of aromatic amines is 1. The fraction of sp³-hybridized carbons (Fsp3) is 0.500. The number of carbonyl (C=O) groups excluding carboxylic acids is 1. The lowest BCUT2D eigenvalue weighted by Gasteiger charge is -2.52. The van der Waals surface area contributed by atoms with E-state index in [9.17, 15) is 23.1 Å². The highest BCUT2D eigenvalue weighted by Gasteiger charge is 2.50. The van der Waals surface area contributed by atoms with Crippen LogP contribution in [0.5, 0.6) is 0 Å². The van der Waals surface area contributed by atoms with E-state index in [-0.39, 0.29) is 24.2 Å². The van der Waals surface area contributed by atoms with Crippen molar-refractivity contribution in [2.24, 2.45) is 5.92 Å². The molecule has 1 unspecified atom stereocenters. The number of benzene rings is 1. The van der Waals surface area contributed by atoms with Gasteiger partial charge in [0.25, 0.3) is 5.91 Å². The zero-order valence-corrected chi connectivity index (χ0v) is 15.2. The van der Waals surface area contributed by atoms with Gasteiger partial charge in [0.2, 0.25) is 0 Å². The number of amides is 1. The first kappa shape index (κ1) is 19.0. The third kappa shape index (κ3) is 3.19. The molecule has 1 aromatic carbocycles. The lowest BCUT2D eigenvalue weighted by atomic mass is 9.66. The predicted octanol–water partition coefficient (Wildman–Crippen LogP) is 3.72. The van der Waals surface area contributed by atoms with Crippen LogP contribution in [0.4, 0.5) is 13.2 Å². The zero-order chi connectivity index (χ0) is 19.9. The number of alkyl halides is 3. The number of nitrogens with one attached hydrogen (secondary N) is 1. The van der Waals surface area contributed by atoms with E-state index in [1.807, 2.05) is 30.3 Å². The molecular formula is C20H22F3N3O2. The van der Waals surface area contributed by atoms with Crippen LogP contribution in [0.2, 0.25) is 0 Å². The third-order valence-electron chi connectivity index (χ3n) is 6.11. The van der Waals surface area contributed by atoms with E-state index in [1.54, 1.807) is 4.90 Å². The first-order valence-corrected chi connectivity index (χ1v) is 9.52. The first-order valence-electron chi connectivity index (χ1n) is 9.52. The van der Waals surface area contributed by atoms with Gasteiger partial charge in [-0.05, 0) is 24.8 Å². The summed E-state index contributed by atoms with van der Waals surface area (Å²) in [5, 5.41) is 17.0. The topological polar surface area (TPSA) is 69.2 Å². The average Bonchev–Trinajstić information content (AvgIpc) is 3.20. The van der Waals surface area contributed by atoms with Crippen molar-refractivity contribution in [3.8, 4) is 0 Å². The molecule has 5 nitrogen and oxygen atoms in total. The van der Waals surface area contributed by atoms with Gasteiger partial charge >= 0.3 is 6.18 Å². The molecule has 1 aliphatic carbocycles. The van der Waals surface area contributed by atoms with Gasteiger partial charge in [0, 0.05) is 24.6 Å². The van der Waals surface area contributed by atoms with Crippen molar-refractivity contribution in [1.29, 1.82) is 0 Å². The smallest absolute Gasteiger partial charge is 0.385 e. The predicted molar refractivity (Wildman–Crippen MR) is 95.3 cm³/mol. The summed E-state index contributed by atoms with van der Waals surface area (Å²) in [6.45, 7) is 0.283. The summed E-state index contributed by atoms with van der Waals surface area (Å²) < 4.78 is 38.5. The number of likely N-dealkylation sites (tertiary alicyclic amines) is 1. The highest BCUT2D eigenvalue weighted by atomic mass is 19.4. The maximum Gasteiger partial charge on any atom is 0.435 e. The van der Waals surface area contributed by atoms with E-state index in [1.165, 1.54) is 0 Å². The Labute approximate surface area is 160 Å². The Balaban J connectivity index is 1.62. The molecular weight excluding hydrogens is 371 g/mol. The van der Waals surface area contributed by atoms with Crippen molar-refractivity contribution >= 4 is 5.91 Å². The molecule has 2 heterocycles. The second kappa shape index (κ2) is 6.92. The summed E-state index contributed by atoms with van der Waals surface area (Å²) in [5.74, 6) is -0.638. The Kier molecular flexibility index (Phi) is 4.69. The molecule has 0 spiro atoms. The Morgan fingerprint density at radius 3 is 2.61 bits per heavy atom.